The fraction of sp³-hybridized carbons (Fsp3) is 0.200. The molecule has 2 aromatic heterocycles. The molecule has 0 fully saturated rings. The first kappa shape index (κ1) is 18.1. The van der Waals surface area contributed by atoms with E-state index in [4.69, 9.17) is 4.74 Å². The van der Waals surface area contributed by atoms with E-state index in [1.165, 1.54) is 11.3 Å². The van der Waals surface area contributed by atoms with Crippen LogP contribution in [-0.2, 0) is 6.42 Å². The number of benzene rings is 2. The summed E-state index contributed by atoms with van der Waals surface area (Å²) in [6.45, 7) is 4.49. The van der Waals surface area contributed by atoms with Crippen molar-refractivity contribution in [2.45, 2.75) is 20.3 Å². The first-order valence-electron chi connectivity index (χ1n) is 9.03. The van der Waals surface area contributed by atoms with Gasteiger partial charge in [0.1, 0.15) is 10.8 Å². The lowest BCUT2D eigenvalue weighted by atomic mass is 10.2. The monoisotopic (exact) mass is 393 g/mol. The van der Waals surface area contributed by atoms with Gasteiger partial charge in [0, 0.05) is 23.2 Å². The van der Waals surface area contributed by atoms with E-state index in [1.54, 1.807) is 22.7 Å². The smallest absolute Gasteiger partial charge is 0.255 e. The summed E-state index contributed by atoms with van der Waals surface area (Å²) >= 11 is 1.49. The highest BCUT2D eigenvalue weighted by Gasteiger charge is 2.12. The van der Waals surface area contributed by atoms with Gasteiger partial charge in [-0.15, -0.1) is 10.2 Å². The minimum absolute atomic E-state index is 0.180. The number of hydrogen-bond donors (Lipinski definition) is 1. The molecule has 0 radical (unpaired) electrons. The maximum atomic E-state index is 12.5. The molecule has 4 aromatic rings. The predicted octanol–water partition coefficient (Wildman–Crippen LogP) is 4.07. The molecule has 0 unspecified atom stereocenters. The Hall–Kier alpha value is -3.26. The highest BCUT2D eigenvalue weighted by molar-refractivity contribution is 7.19. The van der Waals surface area contributed by atoms with Crippen molar-refractivity contribution in [2.24, 2.45) is 0 Å². The Labute approximate surface area is 166 Å². The van der Waals surface area contributed by atoms with Gasteiger partial charge in [0.15, 0.2) is 5.82 Å². The number of amides is 1. The van der Waals surface area contributed by atoms with Gasteiger partial charge < -0.3 is 10.1 Å². The van der Waals surface area contributed by atoms with Crippen molar-refractivity contribution in [3.63, 3.8) is 0 Å². The van der Waals surface area contributed by atoms with Crippen LogP contribution in [0.4, 0.5) is 5.69 Å². The number of carbonyl (C=O) groups is 1. The number of ether oxygens (including phenoxy) is 1. The second-order valence-corrected chi connectivity index (χ2v) is 7.02. The van der Waals surface area contributed by atoms with Crippen molar-refractivity contribution in [3.05, 3.63) is 59.9 Å². The summed E-state index contributed by atoms with van der Waals surface area (Å²) in [7, 11) is 0. The third kappa shape index (κ3) is 3.59. The fourth-order valence-corrected chi connectivity index (χ4v) is 3.65. The van der Waals surface area contributed by atoms with E-state index < -0.39 is 0 Å². The molecule has 0 bridgehead atoms. The first-order valence-corrected chi connectivity index (χ1v) is 9.85. The van der Waals surface area contributed by atoms with Crippen LogP contribution in [0, 0.1) is 0 Å². The van der Waals surface area contributed by atoms with Crippen LogP contribution in [0.25, 0.3) is 15.5 Å². The average molecular weight is 393 g/mol. The van der Waals surface area contributed by atoms with Crippen LogP contribution in [0.1, 0.15) is 30.0 Å². The summed E-state index contributed by atoms with van der Waals surface area (Å²) in [6, 6.07) is 14.7. The van der Waals surface area contributed by atoms with E-state index in [1.807, 2.05) is 44.2 Å². The first-order chi connectivity index (χ1) is 13.7. The molecule has 1 N–H and O–H groups in total. The minimum atomic E-state index is -0.180. The van der Waals surface area contributed by atoms with Crippen LogP contribution >= 0.6 is 11.3 Å². The Morgan fingerprint density at radius 2 is 1.96 bits per heavy atom. The number of fused-ring (bicyclic) bond motifs is 1. The molecule has 0 atom stereocenters. The third-order valence-electron chi connectivity index (χ3n) is 4.17. The number of hydrogen-bond acceptors (Lipinski definition) is 6. The Bertz CT molecular complexity index is 1120. The summed E-state index contributed by atoms with van der Waals surface area (Å²) in [6.07, 6.45) is 0.778. The predicted molar refractivity (Wildman–Crippen MR) is 109 cm³/mol. The molecule has 0 aliphatic rings. The second kappa shape index (κ2) is 7.77. The number of carbonyl (C=O) groups excluding carboxylic acids is 1. The number of aryl methyl sites for hydroxylation is 1. The topological polar surface area (TPSA) is 81.4 Å². The van der Waals surface area contributed by atoms with E-state index in [9.17, 15) is 4.79 Å². The normalized spacial score (nSPS) is 10.9. The van der Waals surface area contributed by atoms with Gasteiger partial charge in [0.25, 0.3) is 5.91 Å². The lowest BCUT2D eigenvalue weighted by molar-refractivity contribution is 0.102. The van der Waals surface area contributed by atoms with E-state index in [0.29, 0.717) is 23.6 Å². The zero-order valence-corrected chi connectivity index (χ0v) is 16.4. The van der Waals surface area contributed by atoms with Gasteiger partial charge in [-0.3, -0.25) is 4.79 Å². The van der Waals surface area contributed by atoms with E-state index >= 15 is 0 Å². The fourth-order valence-electron chi connectivity index (χ4n) is 2.79. The molecule has 28 heavy (non-hydrogen) atoms. The van der Waals surface area contributed by atoms with Crippen LogP contribution in [0.3, 0.4) is 0 Å². The van der Waals surface area contributed by atoms with Gasteiger partial charge >= 0.3 is 0 Å². The molecule has 8 heteroatoms. The van der Waals surface area contributed by atoms with Gasteiger partial charge in [-0.05, 0) is 49.4 Å². The number of anilines is 1. The molecule has 0 aliphatic heterocycles. The van der Waals surface area contributed by atoms with Crippen molar-refractivity contribution in [2.75, 3.05) is 11.9 Å². The van der Waals surface area contributed by atoms with Crippen molar-refractivity contribution in [1.29, 1.82) is 0 Å². The molecule has 0 aliphatic carbocycles. The summed E-state index contributed by atoms with van der Waals surface area (Å²) in [5.41, 5.74) is 2.23. The maximum absolute atomic E-state index is 12.5. The highest BCUT2D eigenvalue weighted by atomic mass is 32.1. The lowest BCUT2D eigenvalue weighted by Gasteiger charge is -2.08. The van der Waals surface area contributed by atoms with Gasteiger partial charge in [-0.25, -0.2) is 0 Å². The molecule has 0 spiro atoms. The third-order valence-corrected chi connectivity index (χ3v) is 5.12. The molecule has 2 heterocycles. The van der Waals surface area contributed by atoms with Crippen molar-refractivity contribution in [3.8, 4) is 16.3 Å². The van der Waals surface area contributed by atoms with E-state index in [-0.39, 0.29) is 5.91 Å². The van der Waals surface area contributed by atoms with Gasteiger partial charge in [0.2, 0.25) is 4.96 Å². The largest absolute Gasteiger partial charge is 0.494 e. The van der Waals surface area contributed by atoms with Gasteiger partial charge in [-0.1, -0.05) is 24.3 Å². The summed E-state index contributed by atoms with van der Waals surface area (Å²) in [4.78, 5) is 13.3. The van der Waals surface area contributed by atoms with Crippen molar-refractivity contribution in [1.82, 2.24) is 19.8 Å². The van der Waals surface area contributed by atoms with Crippen LogP contribution < -0.4 is 10.1 Å². The Morgan fingerprint density at radius 3 is 2.71 bits per heavy atom. The zero-order valence-electron chi connectivity index (χ0n) is 15.5. The van der Waals surface area contributed by atoms with E-state index in [0.717, 1.165) is 27.8 Å². The number of nitrogens with one attached hydrogen (secondary N) is 1. The summed E-state index contributed by atoms with van der Waals surface area (Å²) < 4.78 is 7.23. The Kier molecular flexibility index (Phi) is 5.03. The van der Waals surface area contributed by atoms with Gasteiger partial charge in [-0.2, -0.15) is 9.61 Å². The molecule has 7 nitrogen and oxygen atoms in total. The molecular formula is C20H19N5O2S. The number of nitrogens with zero attached hydrogens (tertiary/aromatic N) is 4. The average Bonchev–Trinajstić information content (AvgIpc) is 3.29. The van der Waals surface area contributed by atoms with Crippen molar-refractivity contribution >= 4 is 27.9 Å². The van der Waals surface area contributed by atoms with Crippen molar-refractivity contribution < 1.29 is 9.53 Å². The minimum Gasteiger partial charge on any atom is -0.494 e. The molecule has 0 saturated carbocycles. The molecule has 4 rings (SSSR count). The Morgan fingerprint density at radius 1 is 1.14 bits per heavy atom. The molecule has 142 valence electrons. The van der Waals surface area contributed by atoms with E-state index in [2.05, 4.69) is 20.6 Å². The summed E-state index contributed by atoms with van der Waals surface area (Å²) in [5.74, 6) is 1.34. The SMILES string of the molecule is CCOc1cccc(C(=O)Nc2ccc(-c3nn4c(CC)nnc4s3)cc2)c1. The van der Waals surface area contributed by atoms with Crippen LogP contribution in [0.2, 0.25) is 0 Å². The van der Waals surface area contributed by atoms with Crippen LogP contribution in [0.5, 0.6) is 5.75 Å². The molecule has 0 saturated heterocycles. The number of aromatic nitrogens is 4. The van der Waals surface area contributed by atoms with Gasteiger partial charge in [0.05, 0.1) is 6.61 Å². The quantitative estimate of drug-likeness (QED) is 0.534. The van der Waals surface area contributed by atoms with Crippen LogP contribution in [-0.4, -0.2) is 32.3 Å². The second-order valence-electron chi connectivity index (χ2n) is 6.06. The highest BCUT2D eigenvalue weighted by Crippen LogP contribution is 2.27. The maximum Gasteiger partial charge on any atom is 0.255 e. The lowest BCUT2D eigenvalue weighted by Crippen LogP contribution is -2.11. The standard InChI is InChI=1S/C20H19N5O2S/c1-3-17-22-23-20-25(17)24-19(28-20)13-8-10-15(11-9-13)21-18(26)14-6-5-7-16(12-14)27-4-2/h5-12H,3-4H2,1-2H3,(H,21,26). The molecular weight excluding hydrogens is 374 g/mol. The Balaban J connectivity index is 1.50. The zero-order chi connectivity index (χ0) is 19.5. The summed E-state index contributed by atoms with van der Waals surface area (Å²) in [5, 5.41) is 16.6. The molecule has 1 amide bonds. The number of rotatable bonds is 6. The molecule has 2 aromatic carbocycles. The van der Waals surface area contributed by atoms with Crippen LogP contribution in [0.15, 0.2) is 48.5 Å².